The van der Waals surface area contributed by atoms with Gasteiger partial charge in [-0.05, 0) is 37.3 Å². The lowest BCUT2D eigenvalue weighted by Crippen LogP contribution is -2.50. The van der Waals surface area contributed by atoms with Gasteiger partial charge in [0.05, 0.1) is 7.11 Å². The molecule has 2 aliphatic rings. The summed E-state index contributed by atoms with van der Waals surface area (Å²) in [5, 5.41) is 6.77. The Balaban J connectivity index is 1.50. The lowest BCUT2D eigenvalue weighted by Gasteiger charge is -2.32. The van der Waals surface area contributed by atoms with Crippen molar-refractivity contribution in [1.82, 2.24) is 15.5 Å². The van der Waals surface area contributed by atoms with Crippen LogP contribution in [0.1, 0.15) is 31.2 Å². The van der Waals surface area contributed by atoms with Crippen LogP contribution in [0.25, 0.3) is 0 Å². The van der Waals surface area contributed by atoms with E-state index in [-0.39, 0.29) is 23.4 Å². The topological polar surface area (TPSA) is 66.0 Å². The van der Waals surface area contributed by atoms with Gasteiger partial charge in [-0.15, -0.1) is 0 Å². The first kappa shape index (κ1) is 18.5. The maximum absolute atomic E-state index is 14.1. The standard InChI is InChI=1S/C19H27FN4O2/c1-21-17(23-14-7-11-24(12-8-14)18(25)26-2)22-13-19(9-10-19)15-5-3-4-6-16(15)20/h3-6,14H,7-13H2,1-2H3,(H2,21,22,23). The SMILES string of the molecule is CN=C(NCC1(c2ccccc2F)CC1)NC1CCN(C(=O)OC)CC1. The second-order valence-electron chi connectivity index (χ2n) is 7.06. The molecular weight excluding hydrogens is 335 g/mol. The Morgan fingerprint density at radius 2 is 2.04 bits per heavy atom. The predicted molar refractivity (Wildman–Crippen MR) is 98.8 cm³/mol. The molecule has 1 saturated heterocycles. The maximum Gasteiger partial charge on any atom is 0.409 e. The van der Waals surface area contributed by atoms with Crippen LogP contribution in [0.15, 0.2) is 29.3 Å². The van der Waals surface area contributed by atoms with Crippen molar-refractivity contribution in [3.05, 3.63) is 35.6 Å². The fourth-order valence-electron chi connectivity index (χ4n) is 3.56. The highest BCUT2D eigenvalue weighted by molar-refractivity contribution is 5.80. The van der Waals surface area contributed by atoms with E-state index in [1.807, 2.05) is 12.1 Å². The van der Waals surface area contributed by atoms with Crippen LogP contribution in [0.5, 0.6) is 0 Å². The van der Waals surface area contributed by atoms with Crippen LogP contribution >= 0.6 is 0 Å². The molecule has 1 saturated carbocycles. The summed E-state index contributed by atoms with van der Waals surface area (Å²) in [6.07, 6.45) is 3.37. The normalized spacial score (nSPS) is 19.8. The summed E-state index contributed by atoms with van der Waals surface area (Å²) in [5.41, 5.74) is 0.659. The molecule has 142 valence electrons. The van der Waals surface area contributed by atoms with Crippen LogP contribution in [0.3, 0.4) is 0 Å². The number of halogens is 1. The lowest BCUT2D eigenvalue weighted by atomic mass is 9.95. The first-order valence-electron chi connectivity index (χ1n) is 9.13. The molecule has 0 bridgehead atoms. The van der Waals surface area contributed by atoms with Crippen molar-refractivity contribution in [3.63, 3.8) is 0 Å². The Bertz CT molecular complexity index is 667. The lowest BCUT2D eigenvalue weighted by molar-refractivity contribution is 0.111. The summed E-state index contributed by atoms with van der Waals surface area (Å²) in [6, 6.07) is 7.27. The van der Waals surface area contributed by atoms with Gasteiger partial charge >= 0.3 is 6.09 Å². The van der Waals surface area contributed by atoms with Gasteiger partial charge in [0.2, 0.25) is 0 Å². The zero-order chi connectivity index (χ0) is 18.6. The molecular formula is C19H27FN4O2. The first-order valence-corrected chi connectivity index (χ1v) is 9.13. The first-order chi connectivity index (χ1) is 12.6. The van der Waals surface area contributed by atoms with E-state index in [1.165, 1.54) is 13.2 Å². The largest absolute Gasteiger partial charge is 0.453 e. The molecule has 6 nitrogen and oxygen atoms in total. The molecule has 1 aliphatic heterocycles. The number of hydrogen-bond donors (Lipinski definition) is 2. The van der Waals surface area contributed by atoms with Crippen molar-refractivity contribution < 1.29 is 13.9 Å². The van der Waals surface area contributed by atoms with Crippen LogP contribution in [0.4, 0.5) is 9.18 Å². The Labute approximate surface area is 153 Å². The van der Waals surface area contributed by atoms with E-state index in [1.54, 1.807) is 18.0 Å². The third-order valence-corrected chi connectivity index (χ3v) is 5.39. The monoisotopic (exact) mass is 362 g/mol. The zero-order valence-electron chi connectivity index (χ0n) is 15.4. The third-order valence-electron chi connectivity index (χ3n) is 5.39. The molecule has 0 unspecified atom stereocenters. The molecule has 1 aliphatic carbocycles. The molecule has 2 fully saturated rings. The summed E-state index contributed by atoms with van der Waals surface area (Å²) < 4.78 is 18.9. The van der Waals surface area contributed by atoms with E-state index in [0.717, 1.165) is 37.2 Å². The number of nitrogens with one attached hydrogen (secondary N) is 2. The number of guanidine groups is 1. The minimum atomic E-state index is -0.272. The third kappa shape index (κ3) is 4.08. The molecule has 2 N–H and O–H groups in total. The van der Waals surface area contributed by atoms with Crippen molar-refractivity contribution in [2.45, 2.75) is 37.1 Å². The van der Waals surface area contributed by atoms with Crippen LogP contribution in [-0.4, -0.2) is 56.8 Å². The minimum Gasteiger partial charge on any atom is -0.453 e. The highest BCUT2D eigenvalue weighted by atomic mass is 19.1. The Kier molecular flexibility index (Phi) is 5.64. The Hall–Kier alpha value is -2.31. The number of rotatable bonds is 4. The number of methoxy groups -OCH3 is 1. The van der Waals surface area contributed by atoms with Crippen molar-refractivity contribution >= 4 is 12.1 Å². The number of hydrogen-bond acceptors (Lipinski definition) is 3. The summed E-state index contributed by atoms with van der Waals surface area (Å²) in [5.74, 6) is 0.592. The van der Waals surface area contributed by atoms with Crippen LogP contribution in [0, 0.1) is 5.82 Å². The van der Waals surface area contributed by atoms with Crippen molar-refractivity contribution in [2.24, 2.45) is 4.99 Å². The molecule has 1 amide bonds. The van der Waals surface area contributed by atoms with Crippen LogP contribution in [0.2, 0.25) is 0 Å². The number of amides is 1. The minimum absolute atomic E-state index is 0.128. The second-order valence-corrected chi connectivity index (χ2v) is 7.06. The van der Waals surface area contributed by atoms with E-state index in [9.17, 15) is 9.18 Å². The summed E-state index contributed by atoms with van der Waals surface area (Å²) in [6.45, 7) is 2.00. The summed E-state index contributed by atoms with van der Waals surface area (Å²) in [4.78, 5) is 17.6. The smallest absolute Gasteiger partial charge is 0.409 e. The number of aliphatic imine (C=N–C) groups is 1. The fraction of sp³-hybridized carbons (Fsp3) is 0.579. The van der Waals surface area contributed by atoms with E-state index in [0.29, 0.717) is 19.6 Å². The fourth-order valence-corrected chi connectivity index (χ4v) is 3.56. The van der Waals surface area contributed by atoms with E-state index in [2.05, 4.69) is 15.6 Å². The number of nitrogens with zero attached hydrogens (tertiary/aromatic N) is 2. The quantitative estimate of drug-likeness (QED) is 0.637. The van der Waals surface area contributed by atoms with Crippen LogP contribution < -0.4 is 10.6 Å². The van der Waals surface area contributed by atoms with E-state index in [4.69, 9.17) is 4.74 Å². The van der Waals surface area contributed by atoms with Crippen molar-refractivity contribution in [3.8, 4) is 0 Å². The maximum atomic E-state index is 14.1. The van der Waals surface area contributed by atoms with Crippen molar-refractivity contribution in [2.75, 3.05) is 33.8 Å². The number of carbonyl (C=O) groups excluding carboxylic acids is 1. The van der Waals surface area contributed by atoms with Crippen molar-refractivity contribution in [1.29, 1.82) is 0 Å². The molecule has 1 aromatic rings. The van der Waals surface area contributed by atoms with Gasteiger partial charge in [0.25, 0.3) is 0 Å². The highest BCUT2D eigenvalue weighted by Gasteiger charge is 2.45. The molecule has 1 heterocycles. The number of ether oxygens (including phenoxy) is 1. The molecule has 7 heteroatoms. The van der Waals surface area contributed by atoms with E-state index >= 15 is 0 Å². The molecule has 1 aromatic carbocycles. The van der Waals surface area contributed by atoms with Gasteiger partial charge in [-0.1, -0.05) is 18.2 Å². The molecule has 0 spiro atoms. The highest BCUT2D eigenvalue weighted by Crippen LogP contribution is 2.48. The Morgan fingerprint density at radius 3 is 2.62 bits per heavy atom. The van der Waals surface area contributed by atoms with Gasteiger partial charge in [0, 0.05) is 38.1 Å². The van der Waals surface area contributed by atoms with Gasteiger partial charge in [-0.25, -0.2) is 9.18 Å². The molecule has 0 radical (unpaired) electrons. The molecule has 3 rings (SSSR count). The average molecular weight is 362 g/mol. The van der Waals surface area contributed by atoms with Gasteiger partial charge in [0.1, 0.15) is 5.82 Å². The van der Waals surface area contributed by atoms with Crippen LogP contribution in [-0.2, 0) is 10.2 Å². The van der Waals surface area contributed by atoms with Gasteiger partial charge < -0.3 is 20.3 Å². The molecule has 26 heavy (non-hydrogen) atoms. The summed E-state index contributed by atoms with van der Waals surface area (Å²) >= 11 is 0. The predicted octanol–water partition coefficient (Wildman–Crippen LogP) is 2.25. The van der Waals surface area contributed by atoms with Gasteiger partial charge in [0.15, 0.2) is 5.96 Å². The number of likely N-dealkylation sites (tertiary alicyclic amines) is 1. The van der Waals surface area contributed by atoms with Gasteiger partial charge in [-0.2, -0.15) is 0 Å². The molecule has 0 atom stereocenters. The van der Waals surface area contributed by atoms with E-state index < -0.39 is 0 Å². The zero-order valence-corrected chi connectivity index (χ0v) is 15.4. The summed E-state index contributed by atoms with van der Waals surface area (Å²) in [7, 11) is 3.14. The Morgan fingerprint density at radius 1 is 1.35 bits per heavy atom. The molecule has 0 aromatic heterocycles. The second kappa shape index (κ2) is 7.93. The number of piperidine rings is 1. The average Bonchev–Trinajstić information content (AvgIpc) is 3.46. The van der Waals surface area contributed by atoms with Gasteiger partial charge in [-0.3, -0.25) is 4.99 Å². The number of benzene rings is 1. The number of carbonyl (C=O) groups is 1.